The lowest BCUT2D eigenvalue weighted by Gasteiger charge is -2.13. The van der Waals surface area contributed by atoms with Gasteiger partial charge in [-0.2, -0.15) is 0 Å². The van der Waals surface area contributed by atoms with Gasteiger partial charge in [0.2, 0.25) is 0 Å². The average molecular weight is 203 g/mol. The summed E-state index contributed by atoms with van der Waals surface area (Å²) >= 11 is 0. The van der Waals surface area contributed by atoms with Crippen LogP contribution in [0.15, 0.2) is 36.7 Å². The first-order chi connectivity index (χ1) is 7.38. The number of hydrogen-bond acceptors (Lipinski definition) is 1. The van der Waals surface area contributed by atoms with Crippen LogP contribution in [0.2, 0.25) is 0 Å². The van der Waals surface area contributed by atoms with Crippen molar-refractivity contribution in [3.63, 3.8) is 0 Å². The van der Waals surface area contributed by atoms with Gasteiger partial charge >= 0.3 is 0 Å². The molecule has 15 heavy (non-hydrogen) atoms. The van der Waals surface area contributed by atoms with Gasteiger partial charge in [-0.15, -0.1) is 0 Å². The van der Waals surface area contributed by atoms with Crippen molar-refractivity contribution in [3.8, 4) is 0 Å². The molecule has 1 rings (SSSR count). The number of hydrogen-bond donors (Lipinski definition) is 0. The highest BCUT2D eigenvalue weighted by Crippen LogP contribution is 2.24. The zero-order chi connectivity index (χ0) is 10.9. The highest BCUT2D eigenvalue weighted by molar-refractivity contribution is 5.15. The van der Waals surface area contributed by atoms with E-state index in [1.54, 1.807) is 0 Å². The normalized spacial score (nSPS) is 13.2. The van der Waals surface area contributed by atoms with Crippen LogP contribution >= 0.6 is 0 Å². The summed E-state index contributed by atoms with van der Waals surface area (Å²) in [6, 6.07) is 4.22. The van der Waals surface area contributed by atoms with Crippen molar-refractivity contribution in [2.24, 2.45) is 0 Å². The van der Waals surface area contributed by atoms with E-state index < -0.39 is 0 Å². The molecule has 1 aromatic heterocycles. The van der Waals surface area contributed by atoms with Crippen molar-refractivity contribution in [2.45, 2.75) is 45.4 Å². The fourth-order valence-corrected chi connectivity index (χ4v) is 1.81. The average Bonchev–Trinajstić information content (AvgIpc) is 2.29. The number of pyridine rings is 1. The minimum Gasteiger partial charge on any atom is -0.264 e. The van der Waals surface area contributed by atoms with Gasteiger partial charge in [-0.25, -0.2) is 0 Å². The second-order valence-corrected chi connectivity index (χ2v) is 3.89. The second kappa shape index (κ2) is 7.22. The largest absolute Gasteiger partial charge is 0.264 e. The van der Waals surface area contributed by atoms with E-state index in [1.165, 1.54) is 18.4 Å². The monoisotopic (exact) mass is 203 g/mol. The molecule has 1 nitrogen and oxygen atoms in total. The molecule has 1 atom stereocenters. The molecule has 0 spiro atoms. The summed E-state index contributed by atoms with van der Waals surface area (Å²) < 4.78 is 0. The Labute approximate surface area is 93.2 Å². The van der Waals surface area contributed by atoms with E-state index >= 15 is 0 Å². The maximum atomic E-state index is 4.19. The molecular weight excluding hydrogens is 182 g/mol. The lowest BCUT2D eigenvalue weighted by Crippen LogP contribution is -1.97. The van der Waals surface area contributed by atoms with Gasteiger partial charge in [-0.1, -0.05) is 38.5 Å². The van der Waals surface area contributed by atoms with Crippen LogP contribution in [0.1, 0.15) is 51.0 Å². The van der Waals surface area contributed by atoms with Gasteiger partial charge in [0.05, 0.1) is 0 Å². The molecule has 0 amide bonds. The molecule has 1 heterocycles. The highest BCUT2D eigenvalue weighted by Gasteiger charge is 2.08. The van der Waals surface area contributed by atoms with Crippen LogP contribution in [-0.4, -0.2) is 4.98 Å². The van der Waals surface area contributed by atoms with Crippen LogP contribution < -0.4 is 0 Å². The summed E-state index contributed by atoms with van der Waals surface area (Å²) in [6.45, 7) is 4.42. The molecule has 0 aliphatic heterocycles. The Morgan fingerprint density at radius 2 is 2.20 bits per heavy atom. The van der Waals surface area contributed by atoms with E-state index in [0.29, 0.717) is 5.92 Å². The Balaban J connectivity index is 2.61. The van der Waals surface area contributed by atoms with Crippen molar-refractivity contribution >= 4 is 0 Å². The van der Waals surface area contributed by atoms with Gasteiger partial charge in [0.25, 0.3) is 0 Å². The van der Waals surface area contributed by atoms with E-state index in [2.05, 4.69) is 37.0 Å². The predicted octanol–water partition coefficient (Wildman–Crippen LogP) is 4.32. The van der Waals surface area contributed by atoms with Crippen LogP contribution in [0, 0.1) is 0 Å². The first-order valence-electron chi connectivity index (χ1n) is 5.93. The molecule has 0 N–H and O–H groups in total. The minimum atomic E-state index is 0.645. The van der Waals surface area contributed by atoms with Crippen LogP contribution in [-0.2, 0) is 0 Å². The third-order valence-corrected chi connectivity index (χ3v) is 2.62. The molecule has 0 bridgehead atoms. The Kier molecular flexibility index (Phi) is 5.76. The standard InChI is InChI=1S/C14H21N/c1-3-5-6-9-13(8-4-2)14-10-7-11-15-12-14/h5-7,10-13H,3-4,8-9H2,1-2H3/b6-5-. The van der Waals surface area contributed by atoms with Crippen LogP contribution in [0.4, 0.5) is 0 Å². The number of rotatable bonds is 6. The fourth-order valence-electron chi connectivity index (χ4n) is 1.81. The molecular formula is C14H21N. The molecule has 1 aromatic rings. The molecule has 0 aliphatic carbocycles. The third-order valence-electron chi connectivity index (χ3n) is 2.62. The Hall–Kier alpha value is -1.11. The van der Waals surface area contributed by atoms with Crippen molar-refractivity contribution < 1.29 is 0 Å². The predicted molar refractivity (Wildman–Crippen MR) is 65.9 cm³/mol. The molecule has 1 heteroatoms. The quantitative estimate of drug-likeness (QED) is 0.627. The third kappa shape index (κ3) is 4.28. The van der Waals surface area contributed by atoms with E-state index in [9.17, 15) is 0 Å². The first-order valence-corrected chi connectivity index (χ1v) is 5.93. The smallest absolute Gasteiger partial charge is 0.0302 e. The first kappa shape index (κ1) is 12.0. The van der Waals surface area contributed by atoms with Crippen molar-refractivity contribution in [1.29, 1.82) is 0 Å². The topological polar surface area (TPSA) is 12.9 Å². The van der Waals surface area contributed by atoms with Crippen LogP contribution in [0.5, 0.6) is 0 Å². The maximum absolute atomic E-state index is 4.19. The Morgan fingerprint density at radius 1 is 1.33 bits per heavy atom. The van der Waals surface area contributed by atoms with Crippen molar-refractivity contribution in [2.75, 3.05) is 0 Å². The molecule has 0 radical (unpaired) electrons. The van der Waals surface area contributed by atoms with Gasteiger partial charge < -0.3 is 0 Å². The van der Waals surface area contributed by atoms with Gasteiger partial charge in [-0.05, 0) is 36.8 Å². The van der Waals surface area contributed by atoms with Gasteiger partial charge in [0, 0.05) is 12.4 Å². The lowest BCUT2D eigenvalue weighted by molar-refractivity contribution is 0.618. The summed E-state index contributed by atoms with van der Waals surface area (Å²) in [5, 5.41) is 0. The summed E-state index contributed by atoms with van der Waals surface area (Å²) in [5.74, 6) is 0.645. The van der Waals surface area contributed by atoms with Crippen LogP contribution in [0.3, 0.4) is 0 Å². The molecule has 1 unspecified atom stereocenters. The van der Waals surface area contributed by atoms with E-state index in [1.807, 2.05) is 18.5 Å². The van der Waals surface area contributed by atoms with E-state index in [0.717, 1.165) is 12.8 Å². The Morgan fingerprint density at radius 3 is 2.80 bits per heavy atom. The molecule has 0 aliphatic rings. The summed E-state index contributed by atoms with van der Waals surface area (Å²) in [6.07, 6.45) is 13.2. The Bertz CT molecular complexity index is 277. The highest BCUT2D eigenvalue weighted by atomic mass is 14.6. The van der Waals surface area contributed by atoms with Gasteiger partial charge in [0.15, 0.2) is 0 Å². The van der Waals surface area contributed by atoms with Crippen molar-refractivity contribution in [1.82, 2.24) is 4.98 Å². The molecule has 0 saturated carbocycles. The lowest BCUT2D eigenvalue weighted by atomic mass is 9.92. The summed E-state index contributed by atoms with van der Waals surface area (Å²) in [7, 11) is 0. The van der Waals surface area contributed by atoms with E-state index in [-0.39, 0.29) is 0 Å². The number of nitrogens with zero attached hydrogens (tertiary/aromatic N) is 1. The molecule has 82 valence electrons. The van der Waals surface area contributed by atoms with Gasteiger partial charge in [-0.3, -0.25) is 4.98 Å². The van der Waals surface area contributed by atoms with Gasteiger partial charge in [0.1, 0.15) is 0 Å². The number of aromatic nitrogens is 1. The second-order valence-electron chi connectivity index (χ2n) is 3.89. The maximum Gasteiger partial charge on any atom is 0.0302 e. The summed E-state index contributed by atoms with van der Waals surface area (Å²) in [5.41, 5.74) is 1.38. The summed E-state index contributed by atoms with van der Waals surface area (Å²) in [4.78, 5) is 4.19. The molecule has 0 saturated heterocycles. The number of allylic oxidation sites excluding steroid dienone is 2. The van der Waals surface area contributed by atoms with E-state index in [4.69, 9.17) is 0 Å². The fraction of sp³-hybridized carbons (Fsp3) is 0.500. The SMILES string of the molecule is CC/C=C\CC(CCC)c1cccnc1. The zero-order valence-corrected chi connectivity index (χ0v) is 9.82. The molecule has 0 aromatic carbocycles. The zero-order valence-electron chi connectivity index (χ0n) is 9.82. The minimum absolute atomic E-state index is 0.645. The molecule has 0 fully saturated rings. The van der Waals surface area contributed by atoms with Crippen LogP contribution in [0.25, 0.3) is 0 Å². The van der Waals surface area contributed by atoms with Crippen molar-refractivity contribution in [3.05, 3.63) is 42.2 Å².